The lowest BCUT2D eigenvalue weighted by molar-refractivity contribution is 0.188. The Morgan fingerprint density at radius 2 is 1.94 bits per heavy atom. The molecule has 2 nitrogen and oxygen atoms in total. The van der Waals surface area contributed by atoms with Crippen molar-refractivity contribution in [2.75, 3.05) is 6.61 Å². The van der Waals surface area contributed by atoms with Gasteiger partial charge < -0.3 is 9.16 Å². The standard InChI is InChI=1S/C13H26O2Si/c1-10(2)11-13(6,15-11)9-14-16(7,8)12(3,4)5/h11H,1,9H2,2-8H3/t11-,13-/m1/s1. The average molecular weight is 242 g/mol. The quantitative estimate of drug-likeness (QED) is 0.425. The van der Waals surface area contributed by atoms with Gasteiger partial charge >= 0.3 is 0 Å². The predicted molar refractivity (Wildman–Crippen MR) is 71.2 cm³/mol. The largest absolute Gasteiger partial charge is 0.414 e. The SMILES string of the molecule is C=C(C)[C@H]1O[C@]1(C)CO[Si](C)(C)C(C)(C)C. The smallest absolute Gasteiger partial charge is 0.192 e. The van der Waals surface area contributed by atoms with Crippen LogP contribution in [-0.4, -0.2) is 26.6 Å². The van der Waals surface area contributed by atoms with Crippen molar-refractivity contribution in [3.05, 3.63) is 12.2 Å². The molecular formula is C13H26O2Si. The van der Waals surface area contributed by atoms with Crippen LogP contribution < -0.4 is 0 Å². The molecule has 1 rings (SSSR count). The lowest BCUT2D eigenvalue weighted by Crippen LogP contribution is -2.43. The van der Waals surface area contributed by atoms with E-state index in [1.165, 1.54) is 0 Å². The molecule has 0 aliphatic carbocycles. The third-order valence-corrected chi connectivity index (χ3v) is 8.34. The number of epoxide rings is 1. The van der Waals surface area contributed by atoms with Gasteiger partial charge in [0.2, 0.25) is 0 Å². The van der Waals surface area contributed by atoms with E-state index in [9.17, 15) is 0 Å². The van der Waals surface area contributed by atoms with Crippen molar-refractivity contribution >= 4 is 8.32 Å². The van der Waals surface area contributed by atoms with E-state index in [0.29, 0.717) is 6.61 Å². The van der Waals surface area contributed by atoms with Crippen LogP contribution in [0.4, 0.5) is 0 Å². The van der Waals surface area contributed by atoms with E-state index in [4.69, 9.17) is 9.16 Å². The fourth-order valence-corrected chi connectivity index (χ4v) is 2.59. The van der Waals surface area contributed by atoms with Crippen LogP contribution in [-0.2, 0) is 9.16 Å². The summed E-state index contributed by atoms with van der Waals surface area (Å²) in [6.07, 6.45) is 0.192. The first-order valence-electron chi connectivity index (χ1n) is 5.97. The molecule has 0 saturated carbocycles. The summed E-state index contributed by atoms with van der Waals surface area (Å²) >= 11 is 0. The summed E-state index contributed by atoms with van der Waals surface area (Å²) < 4.78 is 11.8. The van der Waals surface area contributed by atoms with E-state index < -0.39 is 8.32 Å². The summed E-state index contributed by atoms with van der Waals surface area (Å²) in [7, 11) is -1.65. The molecule has 1 heterocycles. The highest BCUT2D eigenvalue weighted by atomic mass is 28.4. The Morgan fingerprint density at radius 3 is 2.25 bits per heavy atom. The first-order valence-corrected chi connectivity index (χ1v) is 8.88. The maximum absolute atomic E-state index is 6.17. The Labute approximate surface area is 101 Å². The Morgan fingerprint density at radius 1 is 1.44 bits per heavy atom. The predicted octanol–water partition coefficient (Wildman–Crippen LogP) is 3.74. The molecule has 1 aliphatic heterocycles. The molecule has 2 atom stereocenters. The number of hydrogen-bond acceptors (Lipinski definition) is 2. The second-order valence-corrected chi connectivity index (χ2v) is 11.5. The highest BCUT2D eigenvalue weighted by molar-refractivity contribution is 6.74. The number of hydrogen-bond donors (Lipinski definition) is 0. The highest BCUT2D eigenvalue weighted by Crippen LogP contribution is 2.43. The van der Waals surface area contributed by atoms with E-state index in [0.717, 1.165) is 5.57 Å². The van der Waals surface area contributed by atoms with Crippen LogP contribution in [0, 0.1) is 0 Å². The minimum Gasteiger partial charge on any atom is -0.414 e. The van der Waals surface area contributed by atoms with Gasteiger partial charge in [-0.15, -0.1) is 0 Å². The first-order chi connectivity index (χ1) is 7.00. The molecule has 0 radical (unpaired) electrons. The molecule has 16 heavy (non-hydrogen) atoms. The molecule has 3 heteroatoms. The first kappa shape index (κ1) is 13.9. The van der Waals surface area contributed by atoms with Gasteiger partial charge in [-0.05, 0) is 37.6 Å². The Bertz CT molecular complexity index is 291. The van der Waals surface area contributed by atoms with E-state index in [1.807, 2.05) is 6.92 Å². The van der Waals surface area contributed by atoms with E-state index in [-0.39, 0.29) is 16.7 Å². The molecule has 0 aromatic rings. The van der Waals surface area contributed by atoms with Crippen molar-refractivity contribution in [2.24, 2.45) is 0 Å². The molecule has 0 aromatic heterocycles. The molecule has 94 valence electrons. The van der Waals surface area contributed by atoms with Gasteiger partial charge in [-0.2, -0.15) is 0 Å². The molecule has 0 aromatic carbocycles. The van der Waals surface area contributed by atoms with Gasteiger partial charge in [0, 0.05) is 0 Å². The summed E-state index contributed by atoms with van der Waals surface area (Å²) in [5, 5.41) is 0.261. The third-order valence-electron chi connectivity index (χ3n) is 3.86. The van der Waals surface area contributed by atoms with E-state index >= 15 is 0 Å². The van der Waals surface area contributed by atoms with Crippen LogP contribution >= 0.6 is 0 Å². The lowest BCUT2D eigenvalue weighted by atomic mass is 10.1. The molecule has 0 unspecified atom stereocenters. The van der Waals surface area contributed by atoms with Crippen molar-refractivity contribution in [1.82, 2.24) is 0 Å². The highest BCUT2D eigenvalue weighted by Gasteiger charge is 2.54. The summed E-state index contributed by atoms with van der Waals surface area (Å²) in [6.45, 7) is 20.1. The second kappa shape index (κ2) is 3.97. The van der Waals surface area contributed by atoms with Crippen LogP contribution in [0.15, 0.2) is 12.2 Å². The van der Waals surface area contributed by atoms with Crippen LogP contribution in [0.1, 0.15) is 34.6 Å². The van der Waals surface area contributed by atoms with E-state index in [1.54, 1.807) is 0 Å². The molecule has 0 N–H and O–H groups in total. The minimum atomic E-state index is -1.65. The Kier molecular flexibility index (Phi) is 3.46. The van der Waals surface area contributed by atoms with Gasteiger partial charge in [-0.1, -0.05) is 27.4 Å². The van der Waals surface area contributed by atoms with Gasteiger partial charge in [0.05, 0.1) is 6.61 Å². The van der Waals surface area contributed by atoms with Crippen molar-refractivity contribution in [2.45, 2.75) is 64.5 Å². The molecule has 1 fully saturated rings. The molecule has 0 amide bonds. The zero-order valence-corrected chi connectivity index (χ0v) is 12.8. The molecule has 1 saturated heterocycles. The number of rotatable bonds is 4. The Balaban J connectivity index is 2.51. The van der Waals surface area contributed by atoms with Gasteiger partial charge in [-0.3, -0.25) is 0 Å². The van der Waals surface area contributed by atoms with Crippen LogP contribution in [0.3, 0.4) is 0 Å². The van der Waals surface area contributed by atoms with Crippen LogP contribution in [0.5, 0.6) is 0 Å². The maximum atomic E-state index is 6.17. The molecule has 0 bridgehead atoms. The summed E-state index contributed by atoms with van der Waals surface area (Å²) in [5.74, 6) is 0. The molecule has 0 spiro atoms. The average Bonchev–Trinajstić information content (AvgIpc) is 2.74. The van der Waals surface area contributed by atoms with Crippen molar-refractivity contribution < 1.29 is 9.16 Å². The van der Waals surface area contributed by atoms with Crippen LogP contribution in [0.25, 0.3) is 0 Å². The topological polar surface area (TPSA) is 21.8 Å². The van der Waals surface area contributed by atoms with Crippen molar-refractivity contribution in [3.8, 4) is 0 Å². The summed E-state index contributed by atoms with van der Waals surface area (Å²) in [4.78, 5) is 0. The van der Waals surface area contributed by atoms with Gasteiger partial charge in [0.1, 0.15) is 11.7 Å². The molecular weight excluding hydrogens is 216 g/mol. The van der Waals surface area contributed by atoms with E-state index in [2.05, 4.69) is 47.4 Å². The van der Waals surface area contributed by atoms with Gasteiger partial charge in [0.15, 0.2) is 8.32 Å². The van der Waals surface area contributed by atoms with Gasteiger partial charge in [-0.25, -0.2) is 0 Å². The fraction of sp³-hybridized carbons (Fsp3) is 0.846. The Hall–Kier alpha value is -0.123. The monoisotopic (exact) mass is 242 g/mol. The second-order valence-electron chi connectivity index (χ2n) is 6.71. The fourth-order valence-electron chi connectivity index (χ4n) is 1.51. The van der Waals surface area contributed by atoms with Gasteiger partial charge in [0.25, 0.3) is 0 Å². The summed E-state index contributed by atoms with van der Waals surface area (Å²) in [6, 6.07) is 0. The van der Waals surface area contributed by atoms with Crippen molar-refractivity contribution in [3.63, 3.8) is 0 Å². The van der Waals surface area contributed by atoms with Crippen LogP contribution in [0.2, 0.25) is 18.1 Å². The minimum absolute atomic E-state index is 0.124. The third kappa shape index (κ3) is 2.76. The zero-order valence-electron chi connectivity index (χ0n) is 11.8. The normalized spacial score (nSPS) is 30.3. The maximum Gasteiger partial charge on any atom is 0.192 e. The number of ether oxygens (including phenoxy) is 1. The lowest BCUT2D eigenvalue weighted by Gasteiger charge is -2.36. The summed E-state index contributed by atoms with van der Waals surface area (Å²) in [5.41, 5.74) is 0.975. The van der Waals surface area contributed by atoms with Crippen molar-refractivity contribution in [1.29, 1.82) is 0 Å². The zero-order chi connectivity index (χ0) is 12.8. The molecule has 1 aliphatic rings.